The summed E-state index contributed by atoms with van der Waals surface area (Å²) in [4.78, 5) is 25.3. The molecule has 0 spiro atoms. The first-order valence-corrected chi connectivity index (χ1v) is 17.0. The summed E-state index contributed by atoms with van der Waals surface area (Å²) in [6.45, 7) is 4.10. The zero-order valence-electron chi connectivity index (χ0n) is 26.6. The van der Waals surface area contributed by atoms with E-state index in [9.17, 15) is 9.90 Å². The number of hydrogen-bond donors (Lipinski definition) is 4. The van der Waals surface area contributed by atoms with Gasteiger partial charge in [0.25, 0.3) is 0 Å². The van der Waals surface area contributed by atoms with E-state index >= 15 is 4.39 Å². The highest BCUT2D eigenvalue weighted by atomic mass is 19.1. The fourth-order valence-electron chi connectivity index (χ4n) is 8.22. The monoisotopic (exact) mass is 639 g/mol. The molecule has 2 bridgehead atoms. The summed E-state index contributed by atoms with van der Waals surface area (Å²) in [5.74, 6) is -0.0846. The van der Waals surface area contributed by atoms with Crippen LogP contribution >= 0.6 is 0 Å². The zero-order valence-corrected chi connectivity index (χ0v) is 26.6. The van der Waals surface area contributed by atoms with Gasteiger partial charge < -0.3 is 31.3 Å². The summed E-state index contributed by atoms with van der Waals surface area (Å²) in [6, 6.07) is 7.66. The Hall–Kier alpha value is -4.45. The van der Waals surface area contributed by atoms with Crippen molar-refractivity contribution in [3.8, 4) is 5.82 Å². The Morgan fingerprint density at radius 3 is 2.62 bits per heavy atom. The van der Waals surface area contributed by atoms with E-state index in [1.54, 1.807) is 4.68 Å². The average Bonchev–Trinajstić information content (AvgIpc) is 3.48. The molecule has 3 aliphatic carbocycles. The topological polar surface area (TPSA) is 137 Å². The fourth-order valence-corrected chi connectivity index (χ4v) is 8.22. The predicted octanol–water partition coefficient (Wildman–Crippen LogP) is 5.17. The van der Waals surface area contributed by atoms with Crippen molar-refractivity contribution < 1.29 is 14.3 Å². The lowest BCUT2D eigenvalue weighted by Gasteiger charge is -2.42. The van der Waals surface area contributed by atoms with Gasteiger partial charge in [-0.2, -0.15) is 9.67 Å². The summed E-state index contributed by atoms with van der Waals surface area (Å²) >= 11 is 0. The maximum absolute atomic E-state index is 15.5. The number of hydrogen-bond acceptors (Lipinski definition) is 9. The SMILES string of the molecule is Nc1nc(Nc2ccc(N3CCC(N4CCC(C(=O)O)CC4)CC3)c(F)c2)nn1-c1cc(C23C=CC(=CC2)CC3)c2c(n1)CCCN2. The first kappa shape index (κ1) is 29.9. The highest BCUT2D eigenvalue weighted by Gasteiger charge is 2.38. The minimum absolute atomic E-state index is 0.0715. The van der Waals surface area contributed by atoms with Gasteiger partial charge in [-0.1, -0.05) is 23.8 Å². The van der Waals surface area contributed by atoms with E-state index < -0.39 is 5.97 Å². The third-order valence-corrected chi connectivity index (χ3v) is 11.0. The molecule has 2 fully saturated rings. The maximum atomic E-state index is 15.5. The highest BCUT2D eigenvalue weighted by Crippen LogP contribution is 2.48. The highest BCUT2D eigenvalue weighted by molar-refractivity contribution is 5.70. The lowest BCUT2D eigenvalue weighted by atomic mass is 9.65. The number of aryl methyl sites for hydroxylation is 1. The van der Waals surface area contributed by atoms with Gasteiger partial charge in [0.2, 0.25) is 11.9 Å². The molecular formula is C35H42FN9O2. The van der Waals surface area contributed by atoms with Gasteiger partial charge in [-0.3, -0.25) is 4.79 Å². The van der Waals surface area contributed by atoms with Gasteiger partial charge in [0.05, 0.1) is 23.0 Å². The van der Waals surface area contributed by atoms with E-state index in [2.05, 4.69) is 54.8 Å². The largest absolute Gasteiger partial charge is 0.481 e. The number of carboxylic acids is 1. The fraction of sp³-hybridized carbons (Fsp3) is 0.486. The Labute approximate surface area is 273 Å². The molecule has 47 heavy (non-hydrogen) atoms. The summed E-state index contributed by atoms with van der Waals surface area (Å²) in [5.41, 5.74) is 12.3. The van der Waals surface area contributed by atoms with Crippen LogP contribution in [0.1, 0.15) is 62.6 Å². The summed E-state index contributed by atoms with van der Waals surface area (Å²) in [5, 5.41) is 20.7. The Morgan fingerprint density at radius 2 is 1.91 bits per heavy atom. The summed E-state index contributed by atoms with van der Waals surface area (Å²) < 4.78 is 17.0. The van der Waals surface area contributed by atoms with E-state index in [1.807, 2.05) is 12.1 Å². The van der Waals surface area contributed by atoms with Crippen LogP contribution in [0.15, 0.2) is 48.1 Å². The zero-order chi connectivity index (χ0) is 32.1. The number of halogens is 1. The number of benzene rings is 1. The van der Waals surface area contributed by atoms with Crippen LogP contribution in [0.3, 0.4) is 0 Å². The number of fused-ring (bicyclic) bond motifs is 3. The van der Waals surface area contributed by atoms with Crippen molar-refractivity contribution >= 4 is 34.9 Å². The lowest BCUT2D eigenvalue weighted by molar-refractivity contribution is -0.143. The molecule has 2 saturated heterocycles. The molecule has 246 valence electrons. The van der Waals surface area contributed by atoms with Crippen LogP contribution in [0, 0.1) is 11.7 Å². The second kappa shape index (κ2) is 12.0. The minimum atomic E-state index is -0.685. The molecule has 6 aliphatic rings. The summed E-state index contributed by atoms with van der Waals surface area (Å²) in [7, 11) is 0. The van der Waals surface area contributed by atoms with Crippen molar-refractivity contribution in [2.45, 2.75) is 69.2 Å². The maximum Gasteiger partial charge on any atom is 0.306 e. The molecular weight excluding hydrogens is 597 g/mol. The molecule has 11 nitrogen and oxygen atoms in total. The number of likely N-dealkylation sites (tertiary alicyclic amines) is 1. The van der Waals surface area contributed by atoms with Gasteiger partial charge >= 0.3 is 5.97 Å². The van der Waals surface area contributed by atoms with Crippen LogP contribution in [-0.2, 0) is 16.6 Å². The lowest BCUT2D eigenvalue weighted by Crippen LogP contribution is -2.48. The van der Waals surface area contributed by atoms with E-state index in [-0.39, 0.29) is 29.0 Å². The Morgan fingerprint density at radius 1 is 1.09 bits per heavy atom. The second-order valence-corrected chi connectivity index (χ2v) is 13.7. The predicted molar refractivity (Wildman–Crippen MR) is 180 cm³/mol. The number of nitrogens with zero attached hydrogens (tertiary/aromatic N) is 6. The molecule has 5 heterocycles. The molecule has 1 unspecified atom stereocenters. The van der Waals surface area contributed by atoms with Gasteiger partial charge in [-0.05, 0) is 101 Å². The van der Waals surface area contributed by atoms with Gasteiger partial charge in [0.1, 0.15) is 5.82 Å². The first-order valence-electron chi connectivity index (χ1n) is 17.0. The van der Waals surface area contributed by atoms with Gasteiger partial charge in [-0.25, -0.2) is 9.37 Å². The molecule has 5 N–H and O–H groups in total. The van der Waals surface area contributed by atoms with E-state index in [0.717, 1.165) is 89.1 Å². The van der Waals surface area contributed by atoms with Crippen LogP contribution < -0.4 is 21.3 Å². The number of nitrogens with two attached hydrogens (primary N) is 1. The quantitative estimate of drug-likeness (QED) is 0.274. The number of rotatable bonds is 7. The number of nitrogen functional groups attached to an aromatic ring is 1. The van der Waals surface area contributed by atoms with Crippen LogP contribution in [0.5, 0.6) is 0 Å². The van der Waals surface area contributed by atoms with Crippen LogP contribution in [-0.4, -0.2) is 74.5 Å². The van der Waals surface area contributed by atoms with Crippen molar-refractivity contribution in [1.29, 1.82) is 0 Å². The van der Waals surface area contributed by atoms with Gasteiger partial charge in [0, 0.05) is 36.8 Å². The Bertz CT molecular complexity index is 1750. The van der Waals surface area contributed by atoms with E-state index in [4.69, 9.17) is 10.7 Å². The minimum Gasteiger partial charge on any atom is -0.481 e. The number of piperidine rings is 2. The van der Waals surface area contributed by atoms with Crippen LogP contribution in [0.25, 0.3) is 5.82 Å². The normalized spacial score (nSPS) is 23.3. The smallest absolute Gasteiger partial charge is 0.306 e. The molecule has 3 aliphatic heterocycles. The van der Waals surface area contributed by atoms with Gasteiger partial charge in [-0.15, -0.1) is 5.10 Å². The second-order valence-electron chi connectivity index (χ2n) is 13.7. The number of carbonyl (C=O) groups is 1. The number of nitrogens with one attached hydrogen (secondary N) is 2. The third kappa shape index (κ3) is 5.62. The standard InChI is InChI=1S/C35H42FN9O2/c36-27-20-24(3-4-29(27)44-18-10-25(11-19-44)43-16-8-23(9-17-43)32(46)47)39-34-41-33(37)45(42-34)30-21-26(31-28(40-30)2-1-15-38-31)35-12-5-22(6-13-35)7-14-35/h3-6,12,20-21,23,25,38H,1-2,7-11,13-19H2,(H,46,47)(H3,37,39,41,42). The number of allylic oxidation sites excluding steroid dienone is 4. The number of aromatic nitrogens is 4. The molecule has 1 aromatic carbocycles. The van der Waals surface area contributed by atoms with Crippen LogP contribution in [0.4, 0.5) is 33.3 Å². The van der Waals surface area contributed by atoms with Crippen molar-refractivity contribution in [2.75, 3.05) is 54.0 Å². The molecule has 0 saturated carbocycles. The Balaban J connectivity index is 0.963. The van der Waals surface area contributed by atoms with Crippen molar-refractivity contribution in [2.24, 2.45) is 5.92 Å². The molecule has 12 heteroatoms. The van der Waals surface area contributed by atoms with E-state index in [1.165, 1.54) is 17.2 Å². The van der Waals surface area contributed by atoms with E-state index in [0.29, 0.717) is 36.1 Å². The Kier molecular flexibility index (Phi) is 7.62. The van der Waals surface area contributed by atoms with Crippen molar-refractivity contribution in [3.05, 3.63) is 65.1 Å². The molecule has 3 aromatic rings. The molecule has 2 aromatic heterocycles. The number of carboxylic acid groups (broad SMARTS) is 1. The van der Waals surface area contributed by atoms with Crippen LogP contribution in [0.2, 0.25) is 0 Å². The number of aliphatic carboxylic acids is 1. The first-order chi connectivity index (χ1) is 22.8. The molecule has 9 rings (SSSR count). The molecule has 0 radical (unpaired) electrons. The third-order valence-electron chi connectivity index (χ3n) is 11.0. The molecule has 0 amide bonds. The van der Waals surface area contributed by atoms with Crippen molar-refractivity contribution in [1.82, 2.24) is 24.6 Å². The number of pyridine rings is 1. The number of anilines is 5. The molecule has 1 atom stereocenters. The average molecular weight is 640 g/mol. The summed E-state index contributed by atoms with van der Waals surface area (Å²) in [6.07, 6.45) is 15.3. The van der Waals surface area contributed by atoms with Gasteiger partial charge in [0.15, 0.2) is 5.82 Å². The van der Waals surface area contributed by atoms with Crippen molar-refractivity contribution in [3.63, 3.8) is 0 Å².